The van der Waals surface area contributed by atoms with Crippen molar-refractivity contribution in [1.29, 1.82) is 0 Å². The van der Waals surface area contributed by atoms with E-state index in [0.717, 1.165) is 6.07 Å². The van der Waals surface area contributed by atoms with Gasteiger partial charge < -0.3 is 11.1 Å². The zero-order valence-corrected chi connectivity index (χ0v) is 11.4. The maximum absolute atomic E-state index is 13.5. The summed E-state index contributed by atoms with van der Waals surface area (Å²) in [4.78, 5) is 14.2. The minimum atomic E-state index is -4.13. The van der Waals surface area contributed by atoms with Crippen LogP contribution in [0.4, 0.5) is 20.6 Å². The van der Waals surface area contributed by atoms with E-state index in [1.54, 1.807) is 0 Å². The van der Waals surface area contributed by atoms with Crippen LogP contribution in [0.15, 0.2) is 47.6 Å². The van der Waals surface area contributed by atoms with Crippen molar-refractivity contribution in [2.75, 3.05) is 10.0 Å². The van der Waals surface area contributed by atoms with E-state index in [9.17, 15) is 17.6 Å². The summed E-state index contributed by atoms with van der Waals surface area (Å²) in [6.45, 7) is 0. The number of benzene rings is 1. The number of aromatic nitrogens is 1. The van der Waals surface area contributed by atoms with Crippen LogP contribution in [0, 0.1) is 5.82 Å². The van der Waals surface area contributed by atoms with Gasteiger partial charge in [-0.05, 0) is 36.4 Å². The van der Waals surface area contributed by atoms with E-state index in [1.165, 1.54) is 36.5 Å². The monoisotopic (exact) mass is 310 g/mol. The Labute approximate surface area is 120 Å². The molecule has 1 aromatic carbocycles. The third-order valence-electron chi connectivity index (χ3n) is 2.38. The summed E-state index contributed by atoms with van der Waals surface area (Å²) in [6, 6.07) is 7.22. The van der Waals surface area contributed by atoms with Gasteiger partial charge in [0.25, 0.3) is 10.0 Å². The van der Waals surface area contributed by atoms with Crippen LogP contribution in [0.5, 0.6) is 0 Å². The van der Waals surface area contributed by atoms with Crippen LogP contribution in [-0.2, 0) is 10.0 Å². The van der Waals surface area contributed by atoms with Gasteiger partial charge in [-0.1, -0.05) is 0 Å². The van der Waals surface area contributed by atoms with Crippen molar-refractivity contribution in [2.45, 2.75) is 5.03 Å². The number of urea groups is 1. The SMILES string of the molecule is NC(=O)Nc1ccc(NS(=O)(=O)c2ncccc2F)cc1. The van der Waals surface area contributed by atoms with Crippen LogP contribution < -0.4 is 15.8 Å². The number of nitrogens with one attached hydrogen (secondary N) is 2. The molecular formula is C12H11FN4O3S. The highest BCUT2D eigenvalue weighted by molar-refractivity contribution is 7.92. The predicted molar refractivity (Wildman–Crippen MR) is 74.7 cm³/mol. The van der Waals surface area contributed by atoms with Crippen molar-refractivity contribution < 1.29 is 17.6 Å². The Morgan fingerprint density at radius 2 is 1.76 bits per heavy atom. The summed E-state index contributed by atoms with van der Waals surface area (Å²) >= 11 is 0. The molecule has 0 atom stereocenters. The largest absolute Gasteiger partial charge is 0.351 e. The molecule has 2 rings (SSSR count). The summed E-state index contributed by atoms with van der Waals surface area (Å²) in [7, 11) is -4.13. The minimum absolute atomic E-state index is 0.190. The summed E-state index contributed by atoms with van der Waals surface area (Å²) < 4.78 is 39.6. The van der Waals surface area contributed by atoms with Crippen molar-refractivity contribution in [3.05, 3.63) is 48.4 Å². The average molecular weight is 310 g/mol. The predicted octanol–water partition coefficient (Wildman–Crippen LogP) is 1.51. The molecule has 0 fully saturated rings. The number of primary amides is 1. The van der Waals surface area contributed by atoms with Crippen LogP contribution in [0.25, 0.3) is 0 Å². The van der Waals surface area contributed by atoms with E-state index in [4.69, 9.17) is 5.73 Å². The molecule has 110 valence electrons. The van der Waals surface area contributed by atoms with E-state index < -0.39 is 26.9 Å². The third-order valence-corrected chi connectivity index (χ3v) is 3.70. The number of nitrogens with zero attached hydrogens (tertiary/aromatic N) is 1. The molecule has 0 spiro atoms. The molecule has 0 aliphatic heterocycles. The van der Waals surface area contributed by atoms with Crippen molar-refractivity contribution in [3.63, 3.8) is 0 Å². The number of rotatable bonds is 4. The Morgan fingerprint density at radius 3 is 2.33 bits per heavy atom. The number of hydrogen-bond donors (Lipinski definition) is 3. The number of sulfonamides is 1. The first kappa shape index (κ1) is 14.7. The molecule has 0 radical (unpaired) electrons. The molecule has 2 amide bonds. The van der Waals surface area contributed by atoms with E-state index in [-0.39, 0.29) is 5.69 Å². The maximum atomic E-state index is 13.5. The zero-order chi connectivity index (χ0) is 15.5. The number of nitrogens with two attached hydrogens (primary N) is 1. The molecule has 1 aromatic heterocycles. The second-order valence-corrected chi connectivity index (χ2v) is 5.56. The van der Waals surface area contributed by atoms with Crippen LogP contribution in [0.2, 0.25) is 0 Å². The fraction of sp³-hybridized carbons (Fsp3) is 0. The molecule has 9 heteroatoms. The Hall–Kier alpha value is -2.68. The van der Waals surface area contributed by atoms with Crippen LogP contribution >= 0.6 is 0 Å². The second kappa shape index (κ2) is 5.75. The highest BCUT2D eigenvalue weighted by atomic mass is 32.2. The molecule has 2 aromatic rings. The highest BCUT2D eigenvalue weighted by Crippen LogP contribution is 2.18. The fourth-order valence-corrected chi connectivity index (χ4v) is 2.60. The fourth-order valence-electron chi connectivity index (χ4n) is 1.54. The molecule has 0 aliphatic carbocycles. The number of hydrogen-bond acceptors (Lipinski definition) is 4. The van der Waals surface area contributed by atoms with Crippen molar-refractivity contribution in [1.82, 2.24) is 4.98 Å². The van der Waals surface area contributed by atoms with Crippen molar-refractivity contribution >= 4 is 27.4 Å². The average Bonchev–Trinajstić information content (AvgIpc) is 2.40. The van der Waals surface area contributed by atoms with Gasteiger partial charge in [0.1, 0.15) is 0 Å². The first-order valence-electron chi connectivity index (χ1n) is 5.68. The molecule has 0 bridgehead atoms. The van der Waals surface area contributed by atoms with Gasteiger partial charge in [-0.2, -0.15) is 8.42 Å². The molecule has 1 heterocycles. The van der Waals surface area contributed by atoms with Gasteiger partial charge in [0.15, 0.2) is 5.82 Å². The highest BCUT2D eigenvalue weighted by Gasteiger charge is 2.20. The summed E-state index contributed by atoms with van der Waals surface area (Å²) in [5.41, 5.74) is 5.53. The normalized spacial score (nSPS) is 10.9. The smallest absolute Gasteiger partial charge is 0.316 e. The first-order chi connectivity index (χ1) is 9.88. The van der Waals surface area contributed by atoms with E-state index >= 15 is 0 Å². The van der Waals surface area contributed by atoms with Gasteiger partial charge in [-0.3, -0.25) is 4.72 Å². The van der Waals surface area contributed by atoms with Gasteiger partial charge in [0, 0.05) is 17.6 Å². The summed E-state index contributed by atoms with van der Waals surface area (Å²) in [6.07, 6.45) is 1.18. The van der Waals surface area contributed by atoms with Gasteiger partial charge in [-0.25, -0.2) is 14.2 Å². The van der Waals surface area contributed by atoms with Gasteiger partial charge in [0.05, 0.1) is 0 Å². The lowest BCUT2D eigenvalue weighted by Crippen LogP contribution is -2.19. The number of anilines is 2. The maximum Gasteiger partial charge on any atom is 0.316 e. The number of carbonyl (C=O) groups excluding carboxylic acids is 1. The Kier molecular flexibility index (Phi) is 4.03. The Bertz CT molecular complexity index is 762. The lowest BCUT2D eigenvalue weighted by Gasteiger charge is -2.08. The molecule has 0 saturated carbocycles. The second-order valence-electron chi connectivity index (χ2n) is 3.96. The summed E-state index contributed by atoms with van der Waals surface area (Å²) in [5, 5.41) is 1.63. The van der Waals surface area contributed by atoms with E-state index in [1.807, 2.05) is 0 Å². The van der Waals surface area contributed by atoms with Gasteiger partial charge in [0.2, 0.25) is 5.03 Å². The van der Waals surface area contributed by atoms with Gasteiger partial charge in [-0.15, -0.1) is 0 Å². The number of halogens is 1. The van der Waals surface area contributed by atoms with Crippen LogP contribution in [-0.4, -0.2) is 19.4 Å². The first-order valence-corrected chi connectivity index (χ1v) is 7.17. The van der Waals surface area contributed by atoms with Crippen molar-refractivity contribution in [2.24, 2.45) is 5.73 Å². The molecule has 0 saturated heterocycles. The van der Waals surface area contributed by atoms with Gasteiger partial charge >= 0.3 is 6.03 Å². The molecular weight excluding hydrogens is 299 g/mol. The lowest BCUT2D eigenvalue weighted by atomic mass is 10.3. The molecule has 7 nitrogen and oxygen atoms in total. The molecule has 21 heavy (non-hydrogen) atoms. The van der Waals surface area contributed by atoms with Crippen LogP contribution in [0.1, 0.15) is 0 Å². The topological polar surface area (TPSA) is 114 Å². The summed E-state index contributed by atoms with van der Waals surface area (Å²) in [5.74, 6) is -0.947. The quantitative estimate of drug-likeness (QED) is 0.794. The van der Waals surface area contributed by atoms with E-state index in [2.05, 4.69) is 15.0 Å². The molecule has 4 N–H and O–H groups in total. The molecule has 0 unspecified atom stereocenters. The number of pyridine rings is 1. The minimum Gasteiger partial charge on any atom is -0.351 e. The van der Waals surface area contributed by atoms with E-state index in [0.29, 0.717) is 5.69 Å². The number of amides is 2. The lowest BCUT2D eigenvalue weighted by molar-refractivity contribution is 0.259. The van der Waals surface area contributed by atoms with Crippen LogP contribution in [0.3, 0.4) is 0 Å². The Morgan fingerprint density at radius 1 is 1.14 bits per heavy atom. The molecule has 0 aliphatic rings. The Balaban J connectivity index is 2.21. The van der Waals surface area contributed by atoms with Crippen molar-refractivity contribution in [3.8, 4) is 0 Å². The third kappa shape index (κ3) is 3.66. The standard InChI is InChI=1S/C12H11FN4O3S/c13-10-2-1-7-15-11(10)21(19,20)17-9-5-3-8(4-6-9)16-12(14)18/h1-7,17H,(H3,14,16,18). The number of carbonyl (C=O) groups is 1. The zero-order valence-electron chi connectivity index (χ0n) is 10.6.